The Hall–Kier alpha value is -2.34. The largest absolute Gasteiger partial charge is 0.506 e. The lowest BCUT2D eigenvalue weighted by atomic mass is 10.1. The first-order chi connectivity index (χ1) is 9.42. The van der Waals surface area contributed by atoms with Gasteiger partial charge in [0.25, 0.3) is 5.91 Å². The maximum absolute atomic E-state index is 11.5. The summed E-state index contributed by atoms with van der Waals surface area (Å²) in [5.41, 5.74) is 0.537. The fourth-order valence-electron chi connectivity index (χ4n) is 1.28. The minimum Gasteiger partial charge on any atom is -0.506 e. The molecule has 0 fully saturated rings. The number of hydrogen-bond acceptors (Lipinski definition) is 5. The highest BCUT2D eigenvalue weighted by molar-refractivity contribution is 6.32. The minimum atomic E-state index is -0.731. The second kappa shape index (κ2) is 7.30. The van der Waals surface area contributed by atoms with Crippen molar-refractivity contribution in [1.82, 2.24) is 5.32 Å². The molecule has 1 rings (SSSR count). The maximum atomic E-state index is 11.5. The monoisotopic (exact) mass is 297 g/mol. The number of esters is 1. The van der Waals surface area contributed by atoms with Gasteiger partial charge < -0.3 is 9.84 Å². The molecule has 0 aromatic heterocycles. The number of phenols is 1. The number of hydrogen-bond donors (Lipinski definition) is 2. The van der Waals surface area contributed by atoms with Crippen LogP contribution in [-0.2, 0) is 25.5 Å². The quantitative estimate of drug-likeness (QED) is 0.638. The van der Waals surface area contributed by atoms with Gasteiger partial charge in [-0.1, -0.05) is 17.7 Å². The highest BCUT2D eigenvalue weighted by Gasteiger charge is 2.08. The molecule has 1 aromatic rings. The van der Waals surface area contributed by atoms with Crippen molar-refractivity contribution in [3.63, 3.8) is 0 Å². The van der Waals surface area contributed by atoms with Gasteiger partial charge >= 0.3 is 5.97 Å². The SMILES string of the molecule is COC(=O)C=CC(=O)NC(=O)Cc1ccc(O)c(Cl)c1. The Bertz CT molecular complexity index is 568. The number of rotatable bonds is 4. The topological polar surface area (TPSA) is 92.7 Å². The molecule has 0 bridgehead atoms. The van der Waals surface area contributed by atoms with E-state index in [-0.39, 0.29) is 17.2 Å². The average molecular weight is 298 g/mol. The van der Waals surface area contributed by atoms with E-state index in [2.05, 4.69) is 10.1 Å². The van der Waals surface area contributed by atoms with Gasteiger partial charge in [-0.3, -0.25) is 14.9 Å². The van der Waals surface area contributed by atoms with Crippen molar-refractivity contribution in [2.24, 2.45) is 0 Å². The van der Waals surface area contributed by atoms with Crippen LogP contribution in [0.25, 0.3) is 0 Å². The zero-order valence-electron chi connectivity index (χ0n) is 10.6. The molecule has 0 heterocycles. The molecule has 0 aliphatic rings. The van der Waals surface area contributed by atoms with Gasteiger partial charge in [0.1, 0.15) is 5.75 Å². The van der Waals surface area contributed by atoms with Crippen LogP contribution in [0.15, 0.2) is 30.4 Å². The number of amides is 2. The van der Waals surface area contributed by atoms with Gasteiger partial charge in [-0.2, -0.15) is 0 Å². The number of carbonyl (C=O) groups excluding carboxylic acids is 3. The normalized spacial score (nSPS) is 10.3. The van der Waals surface area contributed by atoms with Crippen molar-refractivity contribution in [2.45, 2.75) is 6.42 Å². The van der Waals surface area contributed by atoms with Gasteiger partial charge in [0.15, 0.2) is 0 Å². The molecule has 0 aliphatic heterocycles. The molecule has 0 spiro atoms. The predicted octanol–water partition coefficient (Wildman–Crippen LogP) is 0.960. The van der Waals surface area contributed by atoms with E-state index in [1.807, 2.05) is 0 Å². The van der Waals surface area contributed by atoms with Gasteiger partial charge in [0.05, 0.1) is 18.6 Å². The lowest BCUT2D eigenvalue weighted by molar-refractivity contribution is -0.135. The van der Waals surface area contributed by atoms with E-state index in [9.17, 15) is 19.5 Å². The number of halogens is 1. The van der Waals surface area contributed by atoms with Gasteiger partial charge in [-0.05, 0) is 17.7 Å². The van der Waals surface area contributed by atoms with Crippen LogP contribution in [0.2, 0.25) is 5.02 Å². The fraction of sp³-hybridized carbons (Fsp3) is 0.154. The molecule has 20 heavy (non-hydrogen) atoms. The first-order valence-corrected chi connectivity index (χ1v) is 5.87. The molecule has 1 aromatic carbocycles. The summed E-state index contributed by atoms with van der Waals surface area (Å²) >= 11 is 5.69. The van der Waals surface area contributed by atoms with Crippen molar-refractivity contribution in [2.75, 3.05) is 7.11 Å². The number of aromatic hydroxyl groups is 1. The molecular formula is C13H12ClNO5. The Morgan fingerprint density at radius 3 is 2.65 bits per heavy atom. The average Bonchev–Trinajstić information content (AvgIpc) is 2.40. The Kier molecular flexibility index (Phi) is 5.74. The summed E-state index contributed by atoms with van der Waals surface area (Å²) in [7, 11) is 1.17. The maximum Gasteiger partial charge on any atom is 0.330 e. The molecule has 7 heteroatoms. The molecule has 2 amide bonds. The molecule has 0 radical (unpaired) electrons. The van der Waals surface area contributed by atoms with Gasteiger partial charge in [-0.15, -0.1) is 0 Å². The first-order valence-electron chi connectivity index (χ1n) is 5.49. The molecule has 0 saturated carbocycles. The van der Waals surface area contributed by atoms with E-state index in [0.717, 1.165) is 12.2 Å². The number of ether oxygens (including phenoxy) is 1. The van der Waals surface area contributed by atoms with Gasteiger partial charge in [0.2, 0.25) is 5.91 Å². The number of nitrogens with one attached hydrogen (secondary N) is 1. The second-order valence-corrected chi connectivity index (χ2v) is 4.14. The molecular weight excluding hydrogens is 286 g/mol. The molecule has 6 nitrogen and oxygen atoms in total. The number of methoxy groups -OCH3 is 1. The van der Waals surface area contributed by atoms with Crippen LogP contribution in [0.1, 0.15) is 5.56 Å². The van der Waals surface area contributed by atoms with Crippen LogP contribution in [-0.4, -0.2) is 30.0 Å². The number of benzene rings is 1. The summed E-state index contributed by atoms with van der Waals surface area (Å²) in [6.45, 7) is 0. The molecule has 2 N–H and O–H groups in total. The van der Waals surface area contributed by atoms with E-state index in [4.69, 9.17) is 11.6 Å². The number of imide groups is 1. The smallest absolute Gasteiger partial charge is 0.330 e. The predicted molar refractivity (Wildman–Crippen MR) is 71.1 cm³/mol. The van der Waals surface area contributed by atoms with Crippen LogP contribution >= 0.6 is 11.6 Å². The molecule has 106 valence electrons. The van der Waals surface area contributed by atoms with Crippen molar-refractivity contribution in [1.29, 1.82) is 0 Å². The zero-order chi connectivity index (χ0) is 15.1. The minimum absolute atomic E-state index is 0.0855. The third-order valence-electron chi connectivity index (χ3n) is 2.21. The molecule has 0 atom stereocenters. The second-order valence-electron chi connectivity index (χ2n) is 3.73. The highest BCUT2D eigenvalue weighted by Crippen LogP contribution is 2.23. The van der Waals surface area contributed by atoms with Crippen molar-refractivity contribution in [3.05, 3.63) is 40.9 Å². The summed E-state index contributed by atoms with van der Waals surface area (Å²) < 4.78 is 4.30. The Labute approximate surface area is 120 Å². The van der Waals surface area contributed by atoms with Crippen molar-refractivity contribution in [3.8, 4) is 5.75 Å². The lowest BCUT2D eigenvalue weighted by Crippen LogP contribution is -2.30. The number of phenolic OH excluding ortho intramolecular Hbond substituents is 1. The summed E-state index contributed by atoms with van der Waals surface area (Å²) in [5, 5.41) is 11.4. The van der Waals surface area contributed by atoms with E-state index in [1.54, 1.807) is 0 Å². The third-order valence-corrected chi connectivity index (χ3v) is 2.51. The van der Waals surface area contributed by atoms with Crippen LogP contribution in [0.3, 0.4) is 0 Å². The van der Waals surface area contributed by atoms with Crippen LogP contribution < -0.4 is 5.32 Å². The van der Waals surface area contributed by atoms with E-state index >= 15 is 0 Å². The first kappa shape index (κ1) is 15.7. The molecule has 0 unspecified atom stereocenters. The van der Waals surface area contributed by atoms with Crippen molar-refractivity contribution >= 4 is 29.4 Å². The summed E-state index contributed by atoms with van der Waals surface area (Å²) in [5.74, 6) is -2.08. The zero-order valence-corrected chi connectivity index (χ0v) is 11.3. The lowest BCUT2D eigenvalue weighted by Gasteiger charge is -2.03. The standard InChI is InChI=1S/C13H12ClNO5/c1-20-13(19)5-4-11(17)15-12(18)7-8-2-3-10(16)9(14)6-8/h2-6,16H,7H2,1H3,(H,15,17,18). The van der Waals surface area contributed by atoms with Crippen LogP contribution in [0.4, 0.5) is 0 Å². The van der Waals surface area contributed by atoms with Crippen molar-refractivity contribution < 1.29 is 24.2 Å². The van der Waals surface area contributed by atoms with E-state index < -0.39 is 17.8 Å². The molecule has 0 aliphatic carbocycles. The Balaban J connectivity index is 2.55. The summed E-state index contributed by atoms with van der Waals surface area (Å²) in [6.07, 6.45) is 1.71. The van der Waals surface area contributed by atoms with Crippen LogP contribution in [0.5, 0.6) is 5.75 Å². The fourth-order valence-corrected chi connectivity index (χ4v) is 1.48. The van der Waals surface area contributed by atoms with E-state index in [1.165, 1.54) is 25.3 Å². The summed E-state index contributed by atoms with van der Waals surface area (Å²) in [4.78, 5) is 33.6. The van der Waals surface area contributed by atoms with Gasteiger partial charge in [0, 0.05) is 12.2 Å². The van der Waals surface area contributed by atoms with Crippen LogP contribution in [0, 0.1) is 0 Å². The number of carbonyl (C=O) groups is 3. The highest BCUT2D eigenvalue weighted by atomic mass is 35.5. The van der Waals surface area contributed by atoms with E-state index in [0.29, 0.717) is 5.56 Å². The summed E-state index contributed by atoms with van der Waals surface area (Å²) in [6, 6.07) is 4.28. The molecule has 0 saturated heterocycles. The Morgan fingerprint density at radius 1 is 1.35 bits per heavy atom. The Morgan fingerprint density at radius 2 is 2.05 bits per heavy atom. The van der Waals surface area contributed by atoms with Gasteiger partial charge in [-0.25, -0.2) is 4.79 Å². The third kappa shape index (κ3) is 5.11.